The van der Waals surface area contributed by atoms with Gasteiger partial charge in [-0.25, -0.2) is 0 Å². The third-order valence-corrected chi connectivity index (χ3v) is 6.19. The number of fused-ring (bicyclic) bond motifs is 5. The van der Waals surface area contributed by atoms with Gasteiger partial charge in [0.05, 0.1) is 12.5 Å². The lowest BCUT2D eigenvalue weighted by Gasteiger charge is -2.18. The van der Waals surface area contributed by atoms with Crippen LogP contribution in [0, 0.1) is 0 Å². The molecule has 0 unspecified atom stereocenters. The summed E-state index contributed by atoms with van der Waals surface area (Å²) < 4.78 is 4.58. The van der Waals surface area contributed by atoms with Crippen molar-refractivity contribution in [2.75, 3.05) is 6.61 Å². The zero-order valence-corrected chi connectivity index (χ0v) is 19.6. The van der Waals surface area contributed by atoms with Gasteiger partial charge < -0.3 is 9.52 Å². The molecule has 2 heteroatoms. The summed E-state index contributed by atoms with van der Waals surface area (Å²) >= 11 is 0. The Kier molecular flexibility index (Phi) is 10.3. The monoisotopic (exact) mass is 430 g/mol. The summed E-state index contributed by atoms with van der Waals surface area (Å²) in [5.41, 5.74) is 3.17. The van der Waals surface area contributed by atoms with Crippen LogP contribution in [0.4, 0.5) is 0 Å². The maximum absolute atomic E-state index is 8.42. The molecule has 4 aromatic rings. The standard InChI is InChI=1S/C18H16.C8H18O.C4H4O/c1-3-7-15-13(5-1)9-11-18-16-8-4-2-6-14(16)10-12-17(15)18;1-2-3-4-5-6-7-8-9;1-2-4-5-3-1/h1,3,5,7,9-12H,2,4,6,8H2;9H,2-8H2,1H3;1-4H. The molecule has 170 valence electrons. The van der Waals surface area contributed by atoms with Gasteiger partial charge in [-0.15, -0.1) is 0 Å². The molecular formula is C30H38O2. The molecule has 0 radical (unpaired) electrons. The summed E-state index contributed by atoms with van der Waals surface area (Å²) in [6.07, 6.45) is 16.0. The Bertz CT molecular complexity index is 1010. The second-order valence-corrected chi connectivity index (χ2v) is 8.58. The molecule has 0 amide bonds. The molecule has 5 rings (SSSR count). The van der Waals surface area contributed by atoms with E-state index >= 15 is 0 Å². The van der Waals surface area contributed by atoms with Gasteiger partial charge in [0.15, 0.2) is 0 Å². The van der Waals surface area contributed by atoms with Crippen molar-refractivity contribution in [3.05, 3.63) is 84.3 Å². The van der Waals surface area contributed by atoms with Crippen LogP contribution >= 0.6 is 0 Å². The normalized spacial score (nSPS) is 12.4. The van der Waals surface area contributed by atoms with Crippen LogP contribution in [0.3, 0.4) is 0 Å². The van der Waals surface area contributed by atoms with Gasteiger partial charge >= 0.3 is 0 Å². The molecule has 0 saturated heterocycles. The number of hydrogen-bond acceptors (Lipinski definition) is 2. The minimum absolute atomic E-state index is 0.367. The summed E-state index contributed by atoms with van der Waals surface area (Å²) in [4.78, 5) is 0. The van der Waals surface area contributed by atoms with Crippen LogP contribution in [-0.4, -0.2) is 11.7 Å². The van der Waals surface area contributed by atoms with E-state index in [0.29, 0.717) is 6.61 Å². The van der Waals surface area contributed by atoms with E-state index < -0.39 is 0 Å². The number of furan rings is 1. The summed E-state index contributed by atoms with van der Waals surface area (Å²) in [5, 5.41) is 14.1. The Morgan fingerprint density at radius 1 is 0.688 bits per heavy atom. The minimum atomic E-state index is 0.367. The Hall–Kier alpha value is -2.58. The largest absolute Gasteiger partial charge is 0.473 e. The molecule has 0 spiro atoms. The number of aliphatic hydroxyl groups is 1. The first-order chi connectivity index (χ1) is 15.8. The van der Waals surface area contributed by atoms with Crippen LogP contribution in [0.15, 0.2) is 77.6 Å². The van der Waals surface area contributed by atoms with Gasteiger partial charge in [-0.3, -0.25) is 0 Å². The second-order valence-electron chi connectivity index (χ2n) is 8.58. The number of hydrogen-bond donors (Lipinski definition) is 1. The fourth-order valence-corrected chi connectivity index (χ4v) is 4.46. The summed E-state index contributed by atoms with van der Waals surface area (Å²) in [6, 6.07) is 21.6. The van der Waals surface area contributed by atoms with Crippen LogP contribution in [0.5, 0.6) is 0 Å². The predicted molar refractivity (Wildman–Crippen MR) is 137 cm³/mol. The highest BCUT2D eigenvalue weighted by atomic mass is 16.3. The van der Waals surface area contributed by atoms with E-state index in [0.717, 1.165) is 6.42 Å². The van der Waals surface area contributed by atoms with Gasteiger partial charge in [-0.2, -0.15) is 0 Å². The second kappa shape index (κ2) is 13.8. The van der Waals surface area contributed by atoms with Gasteiger partial charge in [0.25, 0.3) is 0 Å². The third kappa shape index (κ3) is 6.97. The Balaban J connectivity index is 0.000000173. The SMILES string of the molecule is CCCCCCCCO.c1ccc2c(c1)ccc1c3c(ccc12)CCCC3.c1ccoc1. The molecule has 0 fully saturated rings. The molecule has 2 nitrogen and oxygen atoms in total. The van der Waals surface area contributed by atoms with Crippen LogP contribution in [0.1, 0.15) is 69.4 Å². The van der Waals surface area contributed by atoms with E-state index in [1.807, 2.05) is 12.1 Å². The van der Waals surface area contributed by atoms with Crippen molar-refractivity contribution in [1.29, 1.82) is 0 Å². The number of aliphatic hydroxyl groups excluding tert-OH is 1. The molecule has 1 aliphatic rings. The van der Waals surface area contributed by atoms with Crippen molar-refractivity contribution < 1.29 is 9.52 Å². The molecule has 1 aliphatic carbocycles. The molecule has 3 aromatic carbocycles. The molecule has 1 N–H and O–H groups in total. The molecule has 0 aliphatic heterocycles. The topological polar surface area (TPSA) is 33.4 Å². The predicted octanol–water partition coefficient (Wildman–Crippen LogP) is 8.49. The zero-order valence-electron chi connectivity index (χ0n) is 19.6. The lowest BCUT2D eigenvalue weighted by Crippen LogP contribution is -2.02. The van der Waals surface area contributed by atoms with E-state index in [4.69, 9.17) is 5.11 Å². The zero-order chi connectivity index (χ0) is 22.4. The average molecular weight is 431 g/mol. The summed E-state index contributed by atoms with van der Waals surface area (Å²) in [6.45, 7) is 2.58. The highest BCUT2D eigenvalue weighted by Crippen LogP contribution is 2.33. The van der Waals surface area contributed by atoms with Crippen molar-refractivity contribution in [3.63, 3.8) is 0 Å². The lowest BCUT2D eigenvalue weighted by molar-refractivity contribution is 0.282. The molecule has 0 saturated carbocycles. The van der Waals surface area contributed by atoms with Gasteiger partial charge in [0.1, 0.15) is 0 Å². The highest BCUT2D eigenvalue weighted by Gasteiger charge is 2.13. The van der Waals surface area contributed by atoms with E-state index in [1.165, 1.54) is 79.3 Å². The Morgan fingerprint density at radius 3 is 2.16 bits per heavy atom. The van der Waals surface area contributed by atoms with Crippen molar-refractivity contribution in [2.24, 2.45) is 0 Å². The number of benzene rings is 3. The van der Waals surface area contributed by atoms with Crippen LogP contribution in [0.2, 0.25) is 0 Å². The van der Waals surface area contributed by atoms with E-state index in [2.05, 4.69) is 59.9 Å². The number of unbranched alkanes of at least 4 members (excludes halogenated alkanes) is 5. The van der Waals surface area contributed by atoms with Crippen molar-refractivity contribution >= 4 is 21.5 Å². The quantitative estimate of drug-likeness (QED) is 0.246. The Labute approximate surface area is 193 Å². The lowest BCUT2D eigenvalue weighted by atomic mass is 9.86. The van der Waals surface area contributed by atoms with E-state index in [1.54, 1.807) is 23.7 Å². The van der Waals surface area contributed by atoms with Crippen molar-refractivity contribution in [2.45, 2.75) is 71.1 Å². The smallest absolute Gasteiger partial charge is 0.0902 e. The van der Waals surface area contributed by atoms with Gasteiger partial charge in [0.2, 0.25) is 0 Å². The highest BCUT2D eigenvalue weighted by molar-refractivity contribution is 6.08. The molecule has 1 heterocycles. The van der Waals surface area contributed by atoms with E-state index in [9.17, 15) is 0 Å². The van der Waals surface area contributed by atoms with E-state index in [-0.39, 0.29) is 0 Å². The van der Waals surface area contributed by atoms with Gasteiger partial charge in [0, 0.05) is 6.61 Å². The van der Waals surface area contributed by atoms with Crippen molar-refractivity contribution in [3.8, 4) is 0 Å². The average Bonchev–Trinajstić information content (AvgIpc) is 3.44. The number of aryl methyl sites for hydroxylation is 2. The van der Waals surface area contributed by atoms with Crippen LogP contribution in [0.25, 0.3) is 21.5 Å². The van der Waals surface area contributed by atoms with Gasteiger partial charge in [-0.1, -0.05) is 87.6 Å². The Morgan fingerprint density at radius 2 is 1.41 bits per heavy atom. The number of rotatable bonds is 6. The third-order valence-electron chi connectivity index (χ3n) is 6.19. The van der Waals surface area contributed by atoms with Crippen LogP contribution < -0.4 is 0 Å². The first-order valence-corrected chi connectivity index (χ1v) is 12.4. The maximum atomic E-state index is 8.42. The molecule has 0 bridgehead atoms. The summed E-state index contributed by atoms with van der Waals surface area (Å²) in [7, 11) is 0. The molecular weight excluding hydrogens is 392 g/mol. The molecule has 1 aromatic heterocycles. The van der Waals surface area contributed by atoms with Crippen LogP contribution in [-0.2, 0) is 12.8 Å². The first-order valence-electron chi connectivity index (χ1n) is 12.4. The fraction of sp³-hybridized carbons (Fsp3) is 0.400. The van der Waals surface area contributed by atoms with Crippen molar-refractivity contribution in [1.82, 2.24) is 0 Å². The maximum Gasteiger partial charge on any atom is 0.0902 e. The van der Waals surface area contributed by atoms with Gasteiger partial charge in [-0.05, 0) is 76.9 Å². The molecule has 32 heavy (non-hydrogen) atoms. The summed E-state index contributed by atoms with van der Waals surface area (Å²) in [5.74, 6) is 0. The molecule has 0 atom stereocenters. The minimum Gasteiger partial charge on any atom is -0.473 e. The first kappa shape index (κ1) is 24.1. The fourth-order valence-electron chi connectivity index (χ4n) is 4.46.